The number of hydrogen-bond acceptors (Lipinski definition) is 5. The van der Waals surface area contributed by atoms with Gasteiger partial charge in [0.2, 0.25) is 0 Å². The molecule has 0 spiro atoms. The first kappa shape index (κ1) is 17.4. The number of methoxy groups -OCH3 is 1. The van der Waals surface area contributed by atoms with Crippen LogP contribution in [0.4, 0.5) is 0 Å². The number of aryl methyl sites for hydroxylation is 1. The van der Waals surface area contributed by atoms with E-state index in [1.807, 2.05) is 31.2 Å². The molecule has 0 amide bonds. The van der Waals surface area contributed by atoms with E-state index in [9.17, 15) is 8.42 Å². The number of thiophene rings is 1. The number of sulfonamides is 1. The zero-order valence-electron chi connectivity index (χ0n) is 13.9. The first-order valence-electron chi connectivity index (χ1n) is 7.91. The van der Waals surface area contributed by atoms with Gasteiger partial charge in [0, 0.05) is 43.2 Å². The second-order valence-electron chi connectivity index (χ2n) is 5.86. The number of para-hydroxylation sites is 1. The van der Waals surface area contributed by atoms with Crippen LogP contribution in [-0.4, -0.2) is 50.9 Å². The highest BCUT2D eigenvalue weighted by molar-refractivity contribution is 7.91. The van der Waals surface area contributed by atoms with Crippen molar-refractivity contribution < 1.29 is 13.2 Å². The Morgan fingerprint density at radius 2 is 1.79 bits per heavy atom. The van der Waals surface area contributed by atoms with E-state index in [1.165, 1.54) is 11.3 Å². The summed E-state index contributed by atoms with van der Waals surface area (Å²) in [6.07, 6.45) is 0. The van der Waals surface area contributed by atoms with Gasteiger partial charge in [-0.25, -0.2) is 8.42 Å². The van der Waals surface area contributed by atoms with Crippen molar-refractivity contribution in [2.45, 2.75) is 17.7 Å². The topological polar surface area (TPSA) is 49.9 Å². The van der Waals surface area contributed by atoms with Gasteiger partial charge >= 0.3 is 0 Å². The average molecular weight is 367 g/mol. The summed E-state index contributed by atoms with van der Waals surface area (Å²) in [7, 11) is -1.68. The molecule has 1 aromatic heterocycles. The summed E-state index contributed by atoms with van der Waals surface area (Å²) in [5.74, 6) is 0.876. The Bertz CT molecular complexity index is 794. The highest BCUT2D eigenvalue weighted by Crippen LogP contribution is 2.26. The van der Waals surface area contributed by atoms with Crippen molar-refractivity contribution in [1.29, 1.82) is 0 Å². The van der Waals surface area contributed by atoms with Gasteiger partial charge in [0.15, 0.2) is 0 Å². The molecule has 130 valence electrons. The van der Waals surface area contributed by atoms with Crippen LogP contribution in [-0.2, 0) is 16.6 Å². The summed E-state index contributed by atoms with van der Waals surface area (Å²) in [5.41, 5.74) is 1.13. The van der Waals surface area contributed by atoms with Crippen molar-refractivity contribution in [3.05, 3.63) is 46.8 Å². The molecule has 0 N–H and O–H groups in total. The fourth-order valence-electron chi connectivity index (χ4n) is 2.88. The SMILES string of the molecule is COc1ccccc1CN1CCN(S(=O)(=O)c2ccc(C)s2)CC1. The number of nitrogens with zero attached hydrogens (tertiary/aromatic N) is 2. The van der Waals surface area contributed by atoms with E-state index in [0.717, 1.165) is 35.8 Å². The first-order chi connectivity index (χ1) is 11.5. The minimum Gasteiger partial charge on any atom is -0.496 e. The summed E-state index contributed by atoms with van der Waals surface area (Å²) < 4.78 is 32.8. The summed E-state index contributed by atoms with van der Waals surface area (Å²) in [5, 5.41) is 0. The largest absolute Gasteiger partial charge is 0.496 e. The maximum atomic E-state index is 12.7. The molecule has 0 radical (unpaired) electrons. The molecule has 1 aromatic carbocycles. The molecule has 3 rings (SSSR count). The van der Waals surface area contributed by atoms with E-state index in [-0.39, 0.29) is 0 Å². The molecule has 0 unspecified atom stereocenters. The van der Waals surface area contributed by atoms with Gasteiger partial charge in [0.1, 0.15) is 9.96 Å². The minimum atomic E-state index is -3.35. The van der Waals surface area contributed by atoms with Crippen LogP contribution in [0, 0.1) is 6.92 Å². The highest BCUT2D eigenvalue weighted by atomic mass is 32.2. The molecular weight excluding hydrogens is 344 g/mol. The van der Waals surface area contributed by atoms with Crippen LogP contribution in [0.25, 0.3) is 0 Å². The molecule has 7 heteroatoms. The van der Waals surface area contributed by atoms with Crippen LogP contribution in [0.15, 0.2) is 40.6 Å². The molecule has 1 aliphatic heterocycles. The third-order valence-corrected chi connectivity index (χ3v) is 7.59. The minimum absolute atomic E-state index is 0.443. The summed E-state index contributed by atoms with van der Waals surface area (Å²) in [6, 6.07) is 11.5. The first-order valence-corrected chi connectivity index (χ1v) is 10.2. The van der Waals surface area contributed by atoms with Gasteiger partial charge in [0.05, 0.1) is 7.11 Å². The third kappa shape index (κ3) is 3.64. The second kappa shape index (κ2) is 7.23. The molecule has 2 heterocycles. The molecule has 0 aliphatic carbocycles. The van der Waals surface area contributed by atoms with Gasteiger partial charge < -0.3 is 4.74 Å². The second-order valence-corrected chi connectivity index (χ2v) is 9.31. The van der Waals surface area contributed by atoms with Gasteiger partial charge in [-0.05, 0) is 25.1 Å². The highest BCUT2D eigenvalue weighted by Gasteiger charge is 2.29. The van der Waals surface area contributed by atoms with E-state index in [2.05, 4.69) is 11.0 Å². The van der Waals surface area contributed by atoms with Crippen LogP contribution < -0.4 is 4.74 Å². The Morgan fingerprint density at radius 3 is 2.42 bits per heavy atom. The fraction of sp³-hybridized carbons (Fsp3) is 0.412. The Kier molecular flexibility index (Phi) is 5.24. The van der Waals surface area contributed by atoms with Gasteiger partial charge in [-0.2, -0.15) is 4.31 Å². The van der Waals surface area contributed by atoms with Crippen LogP contribution in [0.3, 0.4) is 0 Å². The molecular formula is C17H22N2O3S2. The zero-order valence-corrected chi connectivity index (χ0v) is 15.6. The molecule has 1 saturated heterocycles. The van der Waals surface area contributed by atoms with Crippen LogP contribution >= 0.6 is 11.3 Å². The molecule has 0 bridgehead atoms. The van der Waals surface area contributed by atoms with Crippen molar-refractivity contribution in [1.82, 2.24) is 9.21 Å². The zero-order chi connectivity index (χ0) is 17.2. The van der Waals surface area contributed by atoms with E-state index in [4.69, 9.17) is 4.74 Å². The number of ether oxygens (including phenoxy) is 1. The number of piperazine rings is 1. The smallest absolute Gasteiger partial charge is 0.252 e. The molecule has 1 aliphatic rings. The maximum Gasteiger partial charge on any atom is 0.252 e. The van der Waals surface area contributed by atoms with Crippen LogP contribution in [0.5, 0.6) is 5.75 Å². The van der Waals surface area contributed by atoms with Gasteiger partial charge in [-0.15, -0.1) is 11.3 Å². The van der Waals surface area contributed by atoms with Gasteiger partial charge in [0.25, 0.3) is 10.0 Å². The lowest BCUT2D eigenvalue weighted by Crippen LogP contribution is -2.48. The lowest BCUT2D eigenvalue weighted by atomic mass is 10.2. The Balaban J connectivity index is 1.64. The van der Waals surface area contributed by atoms with E-state index < -0.39 is 10.0 Å². The normalized spacial score (nSPS) is 17.1. The summed E-state index contributed by atoms with van der Waals surface area (Å²) in [6.45, 7) is 5.19. The fourth-order valence-corrected chi connectivity index (χ4v) is 5.74. The molecule has 0 saturated carbocycles. The van der Waals surface area contributed by atoms with E-state index >= 15 is 0 Å². The molecule has 1 fully saturated rings. The van der Waals surface area contributed by atoms with Crippen LogP contribution in [0.1, 0.15) is 10.4 Å². The Labute approximate surface area is 147 Å². The van der Waals surface area contributed by atoms with Crippen molar-refractivity contribution in [3.63, 3.8) is 0 Å². The summed E-state index contributed by atoms with van der Waals surface area (Å²) >= 11 is 1.34. The Hall–Kier alpha value is -1.41. The molecule has 2 aromatic rings. The molecule has 0 atom stereocenters. The number of benzene rings is 1. The Morgan fingerprint density at radius 1 is 1.08 bits per heavy atom. The van der Waals surface area contributed by atoms with Crippen molar-refractivity contribution in [3.8, 4) is 5.75 Å². The summed E-state index contributed by atoms with van der Waals surface area (Å²) in [4.78, 5) is 3.28. The molecule has 5 nitrogen and oxygen atoms in total. The van der Waals surface area contributed by atoms with Crippen molar-refractivity contribution in [2.24, 2.45) is 0 Å². The monoisotopic (exact) mass is 366 g/mol. The number of rotatable bonds is 5. The van der Waals surface area contributed by atoms with Gasteiger partial charge in [-0.1, -0.05) is 18.2 Å². The van der Waals surface area contributed by atoms with Crippen molar-refractivity contribution in [2.75, 3.05) is 33.3 Å². The number of hydrogen-bond donors (Lipinski definition) is 0. The van der Waals surface area contributed by atoms with Crippen LogP contribution in [0.2, 0.25) is 0 Å². The van der Waals surface area contributed by atoms with E-state index in [1.54, 1.807) is 17.5 Å². The standard InChI is InChI=1S/C17H22N2O3S2/c1-14-7-8-17(23-14)24(20,21)19-11-9-18(10-12-19)13-15-5-3-4-6-16(15)22-2/h3-8H,9-13H2,1-2H3. The van der Waals surface area contributed by atoms with Crippen molar-refractivity contribution >= 4 is 21.4 Å². The lowest BCUT2D eigenvalue weighted by molar-refractivity contribution is 0.180. The lowest BCUT2D eigenvalue weighted by Gasteiger charge is -2.33. The quantitative estimate of drug-likeness (QED) is 0.816. The molecule has 24 heavy (non-hydrogen) atoms. The average Bonchev–Trinajstić information content (AvgIpc) is 3.03. The third-order valence-electron chi connectivity index (χ3n) is 4.23. The van der Waals surface area contributed by atoms with E-state index in [0.29, 0.717) is 17.3 Å². The predicted octanol–water partition coefficient (Wildman–Crippen LogP) is 2.57. The predicted molar refractivity (Wildman–Crippen MR) is 96.1 cm³/mol. The maximum absolute atomic E-state index is 12.7. The van der Waals surface area contributed by atoms with Gasteiger partial charge in [-0.3, -0.25) is 4.90 Å².